The van der Waals surface area contributed by atoms with Crippen LogP contribution in [0.1, 0.15) is 11.1 Å². The highest BCUT2D eigenvalue weighted by molar-refractivity contribution is 5.73. The summed E-state index contributed by atoms with van der Waals surface area (Å²) >= 11 is 0. The smallest absolute Gasteiger partial charge is 0.349 e. The standard InChI is InChI=1S/C18H18N6O2/c1-13-8-9-15(19-10-13)22-17-16(24(25)26)18(21-12-20-17)23(2)11-14-6-4-3-5-7-14/h3-10,12H,11H2,1-2H3,(H,19,20,21,22). The first kappa shape index (κ1) is 17.3. The van der Waals surface area contributed by atoms with Crippen LogP contribution in [0.15, 0.2) is 55.0 Å². The highest BCUT2D eigenvalue weighted by Crippen LogP contribution is 2.33. The molecule has 26 heavy (non-hydrogen) atoms. The van der Waals surface area contributed by atoms with E-state index in [1.54, 1.807) is 24.2 Å². The van der Waals surface area contributed by atoms with Gasteiger partial charge < -0.3 is 10.2 Å². The minimum Gasteiger partial charge on any atom is -0.349 e. The molecule has 2 heterocycles. The summed E-state index contributed by atoms with van der Waals surface area (Å²) in [5.41, 5.74) is 1.84. The summed E-state index contributed by atoms with van der Waals surface area (Å²) in [5, 5.41) is 14.6. The highest BCUT2D eigenvalue weighted by atomic mass is 16.6. The lowest BCUT2D eigenvalue weighted by Crippen LogP contribution is -2.20. The molecule has 0 atom stereocenters. The Morgan fingerprint density at radius 3 is 2.54 bits per heavy atom. The Morgan fingerprint density at radius 1 is 1.12 bits per heavy atom. The van der Waals surface area contributed by atoms with Crippen molar-refractivity contribution in [3.8, 4) is 0 Å². The van der Waals surface area contributed by atoms with E-state index in [1.165, 1.54) is 6.33 Å². The van der Waals surface area contributed by atoms with Gasteiger partial charge in [0.2, 0.25) is 11.6 Å². The minimum atomic E-state index is -0.479. The molecule has 0 aliphatic carbocycles. The second-order valence-electron chi connectivity index (χ2n) is 5.84. The van der Waals surface area contributed by atoms with Gasteiger partial charge in [0.15, 0.2) is 0 Å². The van der Waals surface area contributed by atoms with Gasteiger partial charge in [0.05, 0.1) is 4.92 Å². The Hall–Kier alpha value is -3.55. The van der Waals surface area contributed by atoms with Gasteiger partial charge in [-0.25, -0.2) is 15.0 Å². The maximum absolute atomic E-state index is 11.7. The summed E-state index contributed by atoms with van der Waals surface area (Å²) in [5.74, 6) is 0.828. The van der Waals surface area contributed by atoms with E-state index in [0.29, 0.717) is 12.4 Å². The summed E-state index contributed by atoms with van der Waals surface area (Å²) in [4.78, 5) is 25.3. The molecule has 1 N–H and O–H groups in total. The SMILES string of the molecule is Cc1ccc(Nc2ncnc(N(C)Cc3ccccc3)c2[N+](=O)[O-])nc1. The molecule has 0 amide bonds. The second kappa shape index (κ2) is 7.56. The van der Waals surface area contributed by atoms with E-state index < -0.39 is 4.92 Å². The monoisotopic (exact) mass is 350 g/mol. The topological polar surface area (TPSA) is 97.1 Å². The predicted octanol–water partition coefficient (Wildman–Crippen LogP) is 3.47. The minimum absolute atomic E-state index is 0.108. The molecule has 0 saturated carbocycles. The molecule has 0 aliphatic rings. The maximum atomic E-state index is 11.7. The van der Waals surface area contributed by atoms with Gasteiger partial charge >= 0.3 is 5.69 Å². The molecule has 0 unspecified atom stereocenters. The number of aromatic nitrogens is 3. The van der Waals surface area contributed by atoms with E-state index in [9.17, 15) is 10.1 Å². The molecule has 0 radical (unpaired) electrons. The number of hydrogen-bond acceptors (Lipinski definition) is 7. The van der Waals surface area contributed by atoms with Crippen LogP contribution in [0.25, 0.3) is 0 Å². The average molecular weight is 350 g/mol. The van der Waals surface area contributed by atoms with Crippen LogP contribution in [-0.2, 0) is 6.54 Å². The van der Waals surface area contributed by atoms with Crippen LogP contribution >= 0.6 is 0 Å². The Morgan fingerprint density at radius 2 is 1.88 bits per heavy atom. The summed E-state index contributed by atoms with van der Waals surface area (Å²) in [6.45, 7) is 2.40. The van der Waals surface area contributed by atoms with E-state index in [4.69, 9.17) is 0 Å². The Balaban J connectivity index is 1.93. The molecule has 0 saturated heterocycles. The highest BCUT2D eigenvalue weighted by Gasteiger charge is 2.26. The lowest BCUT2D eigenvalue weighted by Gasteiger charge is -2.18. The number of aryl methyl sites for hydroxylation is 1. The van der Waals surface area contributed by atoms with Gasteiger partial charge in [0.25, 0.3) is 0 Å². The summed E-state index contributed by atoms with van der Waals surface area (Å²) < 4.78 is 0. The van der Waals surface area contributed by atoms with E-state index in [1.807, 2.05) is 43.3 Å². The Bertz CT molecular complexity index is 899. The van der Waals surface area contributed by atoms with Gasteiger partial charge in [-0.3, -0.25) is 10.1 Å². The number of pyridine rings is 1. The molecular formula is C18H18N6O2. The van der Waals surface area contributed by atoms with Gasteiger partial charge in [-0.2, -0.15) is 0 Å². The van der Waals surface area contributed by atoms with E-state index in [2.05, 4.69) is 20.3 Å². The zero-order valence-corrected chi connectivity index (χ0v) is 14.5. The van der Waals surface area contributed by atoms with Gasteiger partial charge in [-0.05, 0) is 24.1 Å². The normalized spacial score (nSPS) is 10.4. The third kappa shape index (κ3) is 3.92. The van der Waals surface area contributed by atoms with Crippen molar-refractivity contribution in [1.82, 2.24) is 15.0 Å². The number of anilines is 3. The third-order valence-corrected chi connectivity index (χ3v) is 3.77. The fraction of sp³-hybridized carbons (Fsp3) is 0.167. The number of nitrogens with one attached hydrogen (secondary N) is 1. The van der Waals surface area contributed by atoms with Crippen molar-refractivity contribution in [3.63, 3.8) is 0 Å². The van der Waals surface area contributed by atoms with Gasteiger partial charge in [0.1, 0.15) is 12.1 Å². The van der Waals surface area contributed by atoms with Crippen molar-refractivity contribution >= 4 is 23.1 Å². The molecule has 2 aromatic heterocycles. The summed E-state index contributed by atoms with van der Waals surface area (Å²) in [6, 6.07) is 13.3. The lowest BCUT2D eigenvalue weighted by molar-refractivity contribution is -0.383. The van der Waals surface area contributed by atoms with Crippen molar-refractivity contribution in [1.29, 1.82) is 0 Å². The van der Waals surface area contributed by atoms with Crippen molar-refractivity contribution in [2.24, 2.45) is 0 Å². The van der Waals surface area contributed by atoms with Crippen LogP contribution in [-0.4, -0.2) is 26.9 Å². The van der Waals surface area contributed by atoms with Crippen LogP contribution in [0.5, 0.6) is 0 Å². The lowest BCUT2D eigenvalue weighted by atomic mass is 10.2. The van der Waals surface area contributed by atoms with Gasteiger partial charge in [-0.15, -0.1) is 0 Å². The van der Waals surface area contributed by atoms with Crippen molar-refractivity contribution in [3.05, 3.63) is 76.2 Å². The zero-order valence-electron chi connectivity index (χ0n) is 14.5. The predicted molar refractivity (Wildman–Crippen MR) is 99.5 cm³/mol. The van der Waals surface area contributed by atoms with E-state index >= 15 is 0 Å². The molecule has 0 bridgehead atoms. The molecular weight excluding hydrogens is 332 g/mol. The fourth-order valence-corrected chi connectivity index (χ4v) is 2.50. The first-order chi connectivity index (χ1) is 12.5. The Labute approximate surface area is 150 Å². The quantitative estimate of drug-likeness (QED) is 0.537. The first-order valence-electron chi connectivity index (χ1n) is 7.98. The molecule has 0 fully saturated rings. The van der Waals surface area contributed by atoms with Gasteiger partial charge in [0, 0.05) is 19.8 Å². The fourth-order valence-electron chi connectivity index (χ4n) is 2.50. The first-order valence-corrected chi connectivity index (χ1v) is 7.98. The van der Waals surface area contributed by atoms with Crippen molar-refractivity contribution < 1.29 is 4.92 Å². The van der Waals surface area contributed by atoms with Crippen LogP contribution < -0.4 is 10.2 Å². The average Bonchev–Trinajstić information content (AvgIpc) is 2.64. The molecule has 3 aromatic rings. The molecule has 1 aromatic carbocycles. The van der Waals surface area contributed by atoms with Crippen LogP contribution in [0, 0.1) is 17.0 Å². The largest absolute Gasteiger partial charge is 0.353 e. The third-order valence-electron chi connectivity index (χ3n) is 3.77. The molecule has 0 aliphatic heterocycles. The maximum Gasteiger partial charge on any atom is 0.353 e. The van der Waals surface area contributed by atoms with Crippen molar-refractivity contribution in [2.45, 2.75) is 13.5 Å². The number of nitrogens with zero attached hydrogens (tertiary/aromatic N) is 5. The number of hydrogen-bond donors (Lipinski definition) is 1. The summed E-state index contributed by atoms with van der Waals surface area (Å²) in [6.07, 6.45) is 2.98. The molecule has 0 spiro atoms. The molecule has 8 heteroatoms. The zero-order chi connectivity index (χ0) is 18.5. The Kier molecular flexibility index (Phi) is 5.02. The molecule has 3 rings (SSSR count). The van der Waals surface area contributed by atoms with Crippen LogP contribution in [0.2, 0.25) is 0 Å². The molecule has 132 valence electrons. The second-order valence-corrected chi connectivity index (χ2v) is 5.84. The number of nitro groups is 1. The number of rotatable bonds is 6. The van der Waals surface area contributed by atoms with E-state index in [0.717, 1.165) is 11.1 Å². The molecule has 8 nitrogen and oxygen atoms in total. The summed E-state index contributed by atoms with van der Waals surface area (Å²) in [7, 11) is 1.76. The van der Waals surface area contributed by atoms with Gasteiger partial charge in [-0.1, -0.05) is 36.4 Å². The van der Waals surface area contributed by atoms with Crippen LogP contribution in [0.4, 0.5) is 23.1 Å². The van der Waals surface area contributed by atoms with Crippen molar-refractivity contribution in [2.75, 3.05) is 17.3 Å². The van der Waals surface area contributed by atoms with E-state index in [-0.39, 0.29) is 17.3 Å². The van der Waals surface area contributed by atoms with Crippen LogP contribution in [0.3, 0.4) is 0 Å². The number of benzene rings is 1.